The number of hydrogen-bond donors (Lipinski definition) is 1. The molecule has 0 bridgehead atoms. The minimum absolute atomic E-state index is 0.0562. The van der Waals surface area contributed by atoms with E-state index in [0.717, 1.165) is 22.8 Å². The molecule has 0 aliphatic carbocycles. The SMILES string of the molecule is C[C@@H](CCc1ccccc1)NC(=O)c1cc(S(=O)(=O)N(C)C)ccc1N1CCOCC1. The van der Waals surface area contributed by atoms with Gasteiger partial charge in [0, 0.05) is 38.9 Å². The van der Waals surface area contributed by atoms with Crippen molar-refractivity contribution in [3.8, 4) is 0 Å². The predicted octanol–water partition coefficient (Wildman–Crippen LogP) is 2.52. The van der Waals surface area contributed by atoms with Crippen LogP contribution in [-0.4, -0.2) is 65.1 Å². The molecule has 1 atom stereocenters. The van der Waals surface area contributed by atoms with E-state index in [2.05, 4.69) is 22.3 Å². The molecule has 0 unspecified atom stereocenters. The van der Waals surface area contributed by atoms with E-state index >= 15 is 0 Å². The summed E-state index contributed by atoms with van der Waals surface area (Å²) in [6, 6.07) is 14.9. The van der Waals surface area contributed by atoms with Crippen LogP contribution in [0.1, 0.15) is 29.3 Å². The zero-order valence-corrected chi connectivity index (χ0v) is 19.2. The molecule has 1 aliphatic rings. The smallest absolute Gasteiger partial charge is 0.253 e. The molecule has 0 aromatic heterocycles. The van der Waals surface area contributed by atoms with Gasteiger partial charge in [0.2, 0.25) is 10.0 Å². The quantitative estimate of drug-likeness (QED) is 0.676. The van der Waals surface area contributed by atoms with Gasteiger partial charge in [0.15, 0.2) is 0 Å². The second kappa shape index (κ2) is 10.3. The van der Waals surface area contributed by atoms with Crippen molar-refractivity contribution in [2.24, 2.45) is 0 Å². The van der Waals surface area contributed by atoms with E-state index in [1.807, 2.05) is 25.1 Å². The Hall–Kier alpha value is -2.42. The van der Waals surface area contributed by atoms with Crippen LogP contribution >= 0.6 is 0 Å². The fourth-order valence-corrected chi connectivity index (χ4v) is 4.48. The zero-order chi connectivity index (χ0) is 22.4. The number of carbonyl (C=O) groups is 1. The minimum Gasteiger partial charge on any atom is -0.378 e. The summed E-state index contributed by atoms with van der Waals surface area (Å²) in [5, 5.41) is 3.05. The highest BCUT2D eigenvalue weighted by molar-refractivity contribution is 7.89. The molecule has 1 heterocycles. The molecule has 168 valence electrons. The number of anilines is 1. The lowest BCUT2D eigenvalue weighted by molar-refractivity contribution is 0.0937. The number of hydrogen-bond acceptors (Lipinski definition) is 5. The average Bonchev–Trinajstić information content (AvgIpc) is 2.78. The molecular weight excluding hydrogens is 414 g/mol. The molecule has 0 spiro atoms. The normalized spacial score (nSPS) is 15.7. The van der Waals surface area contributed by atoms with Crippen LogP contribution in [0.25, 0.3) is 0 Å². The average molecular weight is 446 g/mol. The van der Waals surface area contributed by atoms with E-state index in [1.54, 1.807) is 12.1 Å². The standard InChI is InChI=1S/C23H31N3O4S/c1-18(9-10-19-7-5-4-6-8-19)24-23(27)21-17-20(31(28,29)25(2)3)11-12-22(21)26-13-15-30-16-14-26/h4-8,11-12,17-18H,9-10,13-16H2,1-3H3,(H,24,27)/t18-/m0/s1. The number of nitrogens with zero attached hydrogens (tertiary/aromatic N) is 2. The fraction of sp³-hybridized carbons (Fsp3) is 0.435. The molecule has 1 saturated heterocycles. The van der Waals surface area contributed by atoms with Gasteiger partial charge < -0.3 is 15.0 Å². The van der Waals surface area contributed by atoms with Crippen LogP contribution in [0.15, 0.2) is 53.4 Å². The monoisotopic (exact) mass is 445 g/mol. The molecule has 31 heavy (non-hydrogen) atoms. The first-order chi connectivity index (χ1) is 14.8. The maximum atomic E-state index is 13.2. The zero-order valence-electron chi connectivity index (χ0n) is 18.4. The molecule has 0 saturated carbocycles. The van der Waals surface area contributed by atoms with Crippen LogP contribution in [-0.2, 0) is 21.2 Å². The van der Waals surface area contributed by atoms with E-state index in [1.165, 1.54) is 25.7 Å². The van der Waals surface area contributed by atoms with Crippen molar-refractivity contribution >= 4 is 21.6 Å². The lowest BCUT2D eigenvalue weighted by atomic mass is 10.1. The van der Waals surface area contributed by atoms with Crippen LogP contribution in [0.4, 0.5) is 5.69 Å². The summed E-state index contributed by atoms with van der Waals surface area (Å²) in [6.45, 7) is 4.43. The Kier molecular flexibility index (Phi) is 7.69. The van der Waals surface area contributed by atoms with Gasteiger partial charge in [-0.3, -0.25) is 4.79 Å². The van der Waals surface area contributed by atoms with Gasteiger partial charge in [-0.25, -0.2) is 12.7 Å². The van der Waals surface area contributed by atoms with Crippen LogP contribution in [0.2, 0.25) is 0 Å². The van der Waals surface area contributed by atoms with E-state index in [9.17, 15) is 13.2 Å². The van der Waals surface area contributed by atoms with Gasteiger partial charge in [0.1, 0.15) is 0 Å². The van der Waals surface area contributed by atoms with Crippen molar-refractivity contribution in [1.82, 2.24) is 9.62 Å². The molecule has 7 nitrogen and oxygen atoms in total. The second-order valence-corrected chi connectivity index (χ2v) is 10.1. The summed E-state index contributed by atoms with van der Waals surface area (Å²) in [7, 11) is -0.679. The fourth-order valence-electron chi connectivity index (χ4n) is 3.55. The number of aryl methyl sites for hydroxylation is 1. The molecular formula is C23H31N3O4S. The summed E-state index contributed by atoms with van der Waals surface area (Å²) >= 11 is 0. The molecule has 3 rings (SSSR count). The lowest BCUT2D eigenvalue weighted by Crippen LogP contribution is -2.39. The molecule has 2 aromatic rings. The number of carbonyl (C=O) groups excluding carboxylic acids is 1. The topological polar surface area (TPSA) is 79.0 Å². The van der Waals surface area contributed by atoms with Gasteiger partial charge in [-0.1, -0.05) is 30.3 Å². The molecule has 2 aromatic carbocycles. The van der Waals surface area contributed by atoms with Crippen molar-refractivity contribution in [3.05, 3.63) is 59.7 Å². The number of amides is 1. The first kappa shape index (κ1) is 23.2. The first-order valence-electron chi connectivity index (χ1n) is 10.5. The Bertz CT molecular complexity index is 987. The Morgan fingerprint density at radius 1 is 1.13 bits per heavy atom. The summed E-state index contributed by atoms with van der Waals surface area (Å²) in [4.78, 5) is 15.4. The summed E-state index contributed by atoms with van der Waals surface area (Å²) in [5.41, 5.74) is 2.32. The van der Waals surface area contributed by atoms with Crippen LogP contribution < -0.4 is 10.2 Å². The number of morpholine rings is 1. The van der Waals surface area contributed by atoms with Crippen molar-refractivity contribution in [2.45, 2.75) is 30.7 Å². The molecule has 1 N–H and O–H groups in total. The van der Waals surface area contributed by atoms with Crippen molar-refractivity contribution in [1.29, 1.82) is 0 Å². The Balaban J connectivity index is 1.82. The number of nitrogens with one attached hydrogen (secondary N) is 1. The summed E-state index contributed by atoms with van der Waals surface area (Å²) in [5.74, 6) is -0.266. The third-order valence-corrected chi connectivity index (χ3v) is 7.24. The molecule has 1 fully saturated rings. The highest BCUT2D eigenvalue weighted by Gasteiger charge is 2.24. The largest absolute Gasteiger partial charge is 0.378 e. The first-order valence-corrected chi connectivity index (χ1v) is 12.0. The third kappa shape index (κ3) is 5.84. The number of sulfonamides is 1. The Morgan fingerprint density at radius 2 is 1.81 bits per heavy atom. The summed E-state index contributed by atoms with van der Waals surface area (Å²) < 4.78 is 31.9. The lowest BCUT2D eigenvalue weighted by Gasteiger charge is -2.31. The maximum Gasteiger partial charge on any atom is 0.253 e. The van der Waals surface area contributed by atoms with Gasteiger partial charge in [-0.05, 0) is 43.5 Å². The van der Waals surface area contributed by atoms with E-state index < -0.39 is 10.0 Å². The third-order valence-electron chi connectivity index (χ3n) is 5.43. The molecule has 1 amide bonds. The molecule has 0 radical (unpaired) electrons. The predicted molar refractivity (Wildman–Crippen MR) is 122 cm³/mol. The van der Waals surface area contributed by atoms with Gasteiger partial charge in [-0.15, -0.1) is 0 Å². The van der Waals surface area contributed by atoms with Crippen molar-refractivity contribution < 1.29 is 17.9 Å². The van der Waals surface area contributed by atoms with E-state index in [4.69, 9.17) is 4.74 Å². The number of benzene rings is 2. The molecule has 8 heteroatoms. The molecule has 1 aliphatic heterocycles. The Labute approximate surface area is 185 Å². The highest BCUT2D eigenvalue weighted by Crippen LogP contribution is 2.26. The van der Waals surface area contributed by atoms with Crippen LogP contribution in [0.5, 0.6) is 0 Å². The second-order valence-electron chi connectivity index (χ2n) is 7.96. The van der Waals surface area contributed by atoms with Crippen molar-refractivity contribution in [3.63, 3.8) is 0 Å². The van der Waals surface area contributed by atoms with E-state index in [0.29, 0.717) is 31.9 Å². The van der Waals surface area contributed by atoms with Crippen LogP contribution in [0, 0.1) is 0 Å². The maximum absolute atomic E-state index is 13.2. The van der Waals surface area contributed by atoms with Gasteiger partial charge >= 0.3 is 0 Å². The van der Waals surface area contributed by atoms with Gasteiger partial charge in [-0.2, -0.15) is 0 Å². The van der Waals surface area contributed by atoms with Gasteiger partial charge in [0.25, 0.3) is 5.91 Å². The highest BCUT2D eigenvalue weighted by atomic mass is 32.2. The van der Waals surface area contributed by atoms with Gasteiger partial charge in [0.05, 0.1) is 23.7 Å². The summed E-state index contributed by atoms with van der Waals surface area (Å²) in [6.07, 6.45) is 1.64. The Morgan fingerprint density at radius 3 is 2.45 bits per heavy atom. The minimum atomic E-state index is -3.64. The number of ether oxygens (including phenoxy) is 1. The van der Waals surface area contributed by atoms with Crippen LogP contribution in [0.3, 0.4) is 0 Å². The van der Waals surface area contributed by atoms with Crippen molar-refractivity contribution in [2.75, 3.05) is 45.3 Å². The number of rotatable bonds is 8. The van der Waals surface area contributed by atoms with E-state index in [-0.39, 0.29) is 16.8 Å².